The van der Waals surface area contributed by atoms with E-state index in [0.717, 1.165) is 12.8 Å². The quantitative estimate of drug-likeness (QED) is 0.716. The lowest BCUT2D eigenvalue weighted by Crippen LogP contribution is -2.42. The number of hydrogen-bond acceptors (Lipinski definition) is 4. The van der Waals surface area contributed by atoms with Crippen LogP contribution in [0.2, 0.25) is 0 Å². The van der Waals surface area contributed by atoms with Gasteiger partial charge >= 0.3 is 0 Å². The molecule has 0 saturated carbocycles. The number of ether oxygens (including phenoxy) is 1. The Morgan fingerprint density at radius 1 is 1.60 bits per heavy atom. The predicted octanol–water partition coefficient (Wildman–Crippen LogP) is -0.226. The van der Waals surface area contributed by atoms with Crippen LogP contribution in [0.4, 0.5) is 0 Å². The van der Waals surface area contributed by atoms with Crippen LogP contribution in [-0.4, -0.2) is 50.8 Å². The minimum absolute atomic E-state index is 0.0772. The molecule has 2 unspecified atom stereocenters. The Hall–Kier alpha value is -0.170. The highest BCUT2D eigenvalue weighted by Gasteiger charge is 2.28. The van der Waals surface area contributed by atoms with Crippen molar-refractivity contribution < 1.29 is 13.2 Å². The van der Waals surface area contributed by atoms with Crippen molar-refractivity contribution in [2.45, 2.75) is 31.9 Å². The third-order valence-corrected chi connectivity index (χ3v) is 4.85. The monoisotopic (exact) mass is 236 g/mol. The molecular formula is C9H20N2O3S. The fourth-order valence-corrected chi connectivity index (χ4v) is 3.15. The van der Waals surface area contributed by atoms with E-state index in [4.69, 9.17) is 10.5 Å². The molecule has 15 heavy (non-hydrogen) atoms. The van der Waals surface area contributed by atoms with Crippen molar-refractivity contribution in [3.63, 3.8) is 0 Å². The summed E-state index contributed by atoms with van der Waals surface area (Å²) in [5.74, 6) is 0.0772. The number of likely N-dealkylation sites (N-methyl/N-ethyl adjacent to an activating group) is 1. The summed E-state index contributed by atoms with van der Waals surface area (Å²) in [6.07, 6.45) is 1.66. The van der Waals surface area contributed by atoms with Crippen molar-refractivity contribution in [2.75, 3.05) is 26.0 Å². The number of hydrogen-bond donors (Lipinski definition) is 1. The summed E-state index contributed by atoms with van der Waals surface area (Å²) in [5, 5.41) is 0. The van der Waals surface area contributed by atoms with Gasteiger partial charge in [0.15, 0.2) is 0 Å². The molecule has 1 saturated heterocycles. The standard InChI is InChI=1S/C9H20N2O3S/c1-8(6-10)11(2)15(12,13)7-9-4-3-5-14-9/h8-9H,3-7,10H2,1-2H3. The second kappa shape index (κ2) is 5.25. The Morgan fingerprint density at radius 2 is 2.27 bits per heavy atom. The van der Waals surface area contributed by atoms with Crippen molar-refractivity contribution in [1.29, 1.82) is 0 Å². The first-order valence-electron chi connectivity index (χ1n) is 5.24. The first kappa shape index (κ1) is 12.9. The lowest BCUT2D eigenvalue weighted by molar-refractivity contribution is 0.126. The summed E-state index contributed by atoms with van der Waals surface area (Å²) >= 11 is 0. The van der Waals surface area contributed by atoms with Crippen LogP contribution in [0.15, 0.2) is 0 Å². The van der Waals surface area contributed by atoms with Crippen molar-refractivity contribution in [1.82, 2.24) is 4.31 Å². The average Bonchev–Trinajstić information content (AvgIpc) is 2.67. The molecule has 6 heteroatoms. The summed E-state index contributed by atoms with van der Waals surface area (Å²) in [6, 6.07) is -0.156. The van der Waals surface area contributed by atoms with E-state index in [0.29, 0.717) is 13.2 Å². The van der Waals surface area contributed by atoms with E-state index < -0.39 is 10.0 Å². The smallest absolute Gasteiger partial charge is 0.216 e. The van der Waals surface area contributed by atoms with Gasteiger partial charge in [0.05, 0.1) is 11.9 Å². The van der Waals surface area contributed by atoms with Gasteiger partial charge in [0.25, 0.3) is 0 Å². The maximum absolute atomic E-state index is 11.9. The zero-order chi connectivity index (χ0) is 11.5. The molecule has 5 nitrogen and oxygen atoms in total. The maximum Gasteiger partial charge on any atom is 0.216 e. The van der Waals surface area contributed by atoms with Crippen molar-refractivity contribution in [3.05, 3.63) is 0 Å². The lowest BCUT2D eigenvalue weighted by atomic mass is 10.3. The largest absolute Gasteiger partial charge is 0.377 e. The first-order chi connectivity index (χ1) is 6.97. The van der Waals surface area contributed by atoms with E-state index in [2.05, 4.69) is 0 Å². The molecule has 0 aromatic rings. The molecule has 2 atom stereocenters. The third kappa shape index (κ3) is 3.41. The molecule has 0 spiro atoms. The molecule has 2 N–H and O–H groups in total. The Kier molecular flexibility index (Phi) is 4.51. The molecule has 0 radical (unpaired) electrons. The zero-order valence-electron chi connectivity index (χ0n) is 9.35. The number of nitrogens with two attached hydrogens (primary N) is 1. The second-order valence-electron chi connectivity index (χ2n) is 4.01. The van der Waals surface area contributed by atoms with Gasteiger partial charge in [-0.25, -0.2) is 12.7 Å². The maximum atomic E-state index is 11.9. The van der Waals surface area contributed by atoms with Crippen LogP contribution in [0, 0.1) is 0 Å². The van der Waals surface area contributed by atoms with Crippen LogP contribution >= 0.6 is 0 Å². The first-order valence-corrected chi connectivity index (χ1v) is 6.85. The number of sulfonamides is 1. The Balaban J connectivity index is 2.57. The van der Waals surface area contributed by atoms with Crippen molar-refractivity contribution in [2.24, 2.45) is 5.73 Å². The Morgan fingerprint density at radius 3 is 2.73 bits per heavy atom. The minimum atomic E-state index is -3.23. The number of nitrogens with zero attached hydrogens (tertiary/aromatic N) is 1. The summed E-state index contributed by atoms with van der Waals surface area (Å²) in [6.45, 7) is 2.81. The van der Waals surface area contributed by atoms with E-state index in [1.165, 1.54) is 4.31 Å². The van der Waals surface area contributed by atoms with Crippen LogP contribution in [-0.2, 0) is 14.8 Å². The Bertz CT molecular complexity index is 286. The highest BCUT2D eigenvalue weighted by atomic mass is 32.2. The molecule has 0 amide bonds. The lowest BCUT2D eigenvalue weighted by Gasteiger charge is -2.24. The van der Waals surface area contributed by atoms with E-state index in [-0.39, 0.29) is 17.9 Å². The van der Waals surface area contributed by atoms with Gasteiger partial charge in [-0.3, -0.25) is 0 Å². The summed E-state index contributed by atoms with van der Waals surface area (Å²) in [7, 11) is -1.66. The Labute approximate surface area is 91.6 Å². The van der Waals surface area contributed by atoms with Crippen LogP contribution in [0.1, 0.15) is 19.8 Å². The molecule has 1 aliphatic heterocycles. The van der Waals surface area contributed by atoms with Gasteiger partial charge in [-0.15, -0.1) is 0 Å². The predicted molar refractivity (Wildman–Crippen MR) is 59.0 cm³/mol. The van der Waals surface area contributed by atoms with Gasteiger partial charge in [0.2, 0.25) is 10.0 Å². The van der Waals surface area contributed by atoms with Crippen LogP contribution < -0.4 is 5.73 Å². The van der Waals surface area contributed by atoms with Gasteiger partial charge < -0.3 is 10.5 Å². The summed E-state index contributed by atoms with van der Waals surface area (Å²) in [5.41, 5.74) is 5.44. The average molecular weight is 236 g/mol. The minimum Gasteiger partial charge on any atom is -0.377 e. The second-order valence-corrected chi connectivity index (χ2v) is 6.09. The molecule has 1 aliphatic rings. The highest BCUT2D eigenvalue weighted by molar-refractivity contribution is 7.89. The molecule has 0 aromatic heterocycles. The van der Waals surface area contributed by atoms with Gasteiger partial charge in [-0.05, 0) is 19.8 Å². The van der Waals surface area contributed by atoms with E-state index in [9.17, 15) is 8.42 Å². The van der Waals surface area contributed by atoms with Crippen LogP contribution in [0.5, 0.6) is 0 Å². The van der Waals surface area contributed by atoms with Gasteiger partial charge in [0, 0.05) is 26.2 Å². The number of rotatable bonds is 5. The van der Waals surface area contributed by atoms with Gasteiger partial charge in [-0.1, -0.05) is 0 Å². The van der Waals surface area contributed by atoms with E-state index in [1.54, 1.807) is 14.0 Å². The molecule has 1 fully saturated rings. The third-order valence-electron chi connectivity index (χ3n) is 2.82. The topological polar surface area (TPSA) is 72.6 Å². The molecule has 1 heterocycles. The van der Waals surface area contributed by atoms with Gasteiger partial charge in [-0.2, -0.15) is 0 Å². The highest BCUT2D eigenvalue weighted by Crippen LogP contribution is 2.16. The SMILES string of the molecule is CC(CN)N(C)S(=O)(=O)CC1CCCO1. The summed E-state index contributed by atoms with van der Waals surface area (Å²) in [4.78, 5) is 0. The van der Waals surface area contributed by atoms with Crippen molar-refractivity contribution >= 4 is 10.0 Å². The molecule has 0 aromatic carbocycles. The van der Waals surface area contributed by atoms with E-state index >= 15 is 0 Å². The van der Waals surface area contributed by atoms with Crippen LogP contribution in [0.3, 0.4) is 0 Å². The fraction of sp³-hybridized carbons (Fsp3) is 1.00. The molecule has 90 valence electrons. The summed E-state index contributed by atoms with van der Waals surface area (Å²) < 4.78 is 30.4. The van der Waals surface area contributed by atoms with Gasteiger partial charge in [0.1, 0.15) is 0 Å². The normalized spacial score (nSPS) is 24.7. The van der Waals surface area contributed by atoms with E-state index in [1.807, 2.05) is 0 Å². The zero-order valence-corrected chi connectivity index (χ0v) is 10.2. The van der Waals surface area contributed by atoms with Crippen molar-refractivity contribution in [3.8, 4) is 0 Å². The molecule has 0 aliphatic carbocycles. The molecular weight excluding hydrogens is 216 g/mol. The van der Waals surface area contributed by atoms with Crippen LogP contribution in [0.25, 0.3) is 0 Å². The fourth-order valence-electron chi connectivity index (χ4n) is 1.55. The molecule has 1 rings (SSSR count). The molecule has 0 bridgehead atoms.